The summed E-state index contributed by atoms with van der Waals surface area (Å²) < 4.78 is 14.1. The van der Waals surface area contributed by atoms with Gasteiger partial charge in [-0.15, -0.1) is 0 Å². The smallest absolute Gasteiger partial charge is 0.221 e. The van der Waals surface area contributed by atoms with Crippen molar-refractivity contribution in [3.05, 3.63) is 57.8 Å². The van der Waals surface area contributed by atoms with E-state index in [9.17, 15) is 9.18 Å². The van der Waals surface area contributed by atoms with Crippen molar-refractivity contribution < 1.29 is 9.18 Å². The Morgan fingerprint density at radius 2 is 2.00 bits per heavy atom. The molecule has 0 unspecified atom stereocenters. The Balaban J connectivity index is 2.15. The molecule has 0 fully saturated rings. The lowest BCUT2D eigenvalue weighted by Gasteiger charge is -2.13. The zero-order valence-electron chi connectivity index (χ0n) is 11.8. The highest BCUT2D eigenvalue weighted by Crippen LogP contribution is 2.23. The minimum Gasteiger partial charge on any atom is -0.381 e. The van der Waals surface area contributed by atoms with E-state index in [1.807, 2.05) is 25.1 Å². The maximum absolute atomic E-state index is 13.3. The van der Waals surface area contributed by atoms with Crippen LogP contribution in [0.25, 0.3) is 0 Å². The number of anilines is 2. The first-order valence-corrected chi connectivity index (χ1v) is 7.31. The van der Waals surface area contributed by atoms with Gasteiger partial charge in [-0.05, 0) is 48.4 Å². The second-order valence-corrected chi connectivity index (χ2v) is 5.65. The molecule has 2 aromatic rings. The quantitative estimate of drug-likeness (QED) is 0.854. The highest BCUT2D eigenvalue weighted by molar-refractivity contribution is 9.10. The lowest BCUT2D eigenvalue weighted by molar-refractivity contribution is -0.114. The fraction of sp³-hybridized carbons (Fsp3) is 0.188. The standard InChI is InChI=1S/C16H16BrFN2O/c1-10-3-5-14(20-11(2)21)8-16(10)19-9-12-7-13(18)4-6-15(12)17/h3-8,19H,9H2,1-2H3,(H,20,21). The summed E-state index contributed by atoms with van der Waals surface area (Å²) in [5, 5.41) is 6.01. The van der Waals surface area contributed by atoms with E-state index in [1.54, 1.807) is 6.07 Å². The summed E-state index contributed by atoms with van der Waals surface area (Å²) in [6, 6.07) is 10.2. The molecule has 21 heavy (non-hydrogen) atoms. The minimum absolute atomic E-state index is 0.113. The molecular weight excluding hydrogens is 335 g/mol. The first-order valence-electron chi connectivity index (χ1n) is 6.52. The summed E-state index contributed by atoms with van der Waals surface area (Å²) in [6.07, 6.45) is 0. The number of nitrogens with one attached hydrogen (secondary N) is 2. The first kappa shape index (κ1) is 15.5. The van der Waals surface area contributed by atoms with Crippen LogP contribution in [0.5, 0.6) is 0 Å². The van der Waals surface area contributed by atoms with Crippen LogP contribution in [-0.2, 0) is 11.3 Å². The van der Waals surface area contributed by atoms with Gasteiger partial charge >= 0.3 is 0 Å². The number of carbonyl (C=O) groups is 1. The Hall–Kier alpha value is -1.88. The molecule has 2 N–H and O–H groups in total. The minimum atomic E-state index is -0.265. The van der Waals surface area contributed by atoms with Crippen molar-refractivity contribution in [2.24, 2.45) is 0 Å². The van der Waals surface area contributed by atoms with Gasteiger partial charge in [-0.25, -0.2) is 4.39 Å². The van der Waals surface area contributed by atoms with Crippen molar-refractivity contribution in [1.29, 1.82) is 0 Å². The van der Waals surface area contributed by atoms with Gasteiger partial charge in [0.05, 0.1) is 0 Å². The molecular formula is C16H16BrFN2O. The van der Waals surface area contributed by atoms with E-state index in [2.05, 4.69) is 26.6 Å². The summed E-state index contributed by atoms with van der Waals surface area (Å²) in [5.41, 5.74) is 3.52. The molecule has 0 aromatic heterocycles. The number of benzene rings is 2. The molecule has 110 valence electrons. The molecule has 3 nitrogen and oxygen atoms in total. The average molecular weight is 351 g/mol. The van der Waals surface area contributed by atoms with Crippen LogP contribution in [0, 0.1) is 12.7 Å². The van der Waals surface area contributed by atoms with Gasteiger partial charge in [-0.1, -0.05) is 22.0 Å². The monoisotopic (exact) mass is 350 g/mol. The highest BCUT2D eigenvalue weighted by Gasteiger charge is 2.05. The van der Waals surface area contributed by atoms with Crippen LogP contribution in [0.2, 0.25) is 0 Å². The van der Waals surface area contributed by atoms with Crippen molar-refractivity contribution in [3.63, 3.8) is 0 Å². The second kappa shape index (κ2) is 6.72. The van der Waals surface area contributed by atoms with Gasteiger partial charge in [0.1, 0.15) is 5.82 Å². The zero-order valence-corrected chi connectivity index (χ0v) is 13.4. The molecule has 0 atom stereocenters. The van der Waals surface area contributed by atoms with E-state index >= 15 is 0 Å². The van der Waals surface area contributed by atoms with Gasteiger partial charge in [-0.3, -0.25) is 4.79 Å². The summed E-state index contributed by atoms with van der Waals surface area (Å²) in [5.74, 6) is -0.378. The van der Waals surface area contributed by atoms with E-state index in [0.29, 0.717) is 6.54 Å². The second-order valence-electron chi connectivity index (χ2n) is 4.80. The predicted octanol–water partition coefficient (Wildman–Crippen LogP) is 4.47. The molecule has 0 aliphatic rings. The summed E-state index contributed by atoms with van der Waals surface area (Å²) in [7, 11) is 0. The third-order valence-electron chi connectivity index (χ3n) is 3.03. The molecule has 0 spiro atoms. The van der Waals surface area contributed by atoms with Crippen molar-refractivity contribution >= 4 is 33.2 Å². The van der Waals surface area contributed by atoms with Crippen LogP contribution in [0.4, 0.5) is 15.8 Å². The fourth-order valence-corrected chi connectivity index (χ4v) is 2.35. The zero-order chi connectivity index (χ0) is 15.4. The summed E-state index contributed by atoms with van der Waals surface area (Å²) in [6.45, 7) is 3.93. The molecule has 5 heteroatoms. The third kappa shape index (κ3) is 4.29. The van der Waals surface area contributed by atoms with Crippen molar-refractivity contribution in [1.82, 2.24) is 0 Å². The molecule has 1 amide bonds. The van der Waals surface area contributed by atoms with Gasteiger partial charge in [-0.2, -0.15) is 0 Å². The molecule has 0 aliphatic heterocycles. The number of hydrogen-bond acceptors (Lipinski definition) is 2. The maximum Gasteiger partial charge on any atom is 0.221 e. The predicted molar refractivity (Wildman–Crippen MR) is 86.9 cm³/mol. The maximum atomic E-state index is 13.3. The summed E-state index contributed by atoms with van der Waals surface area (Å²) in [4.78, 5) is 11.1. The number of rotatable bonds is 4. The highest BCUT2D eigenvalue weighted by atomic mass is 79.9. The Kier molecular flexibility index (Phi) is 4.96. The van der Waals surface area contributed by atoms with Crippen molar-refractivity contribution in [2.75, 3.05) is 10.6 Å². The lowest BCUT2D eigenvalue weighted by atomic mass is 10.1. The fourth-order valence-electron chi connectivity index (χ4n) is 1.96. The lowest BCUT2D eigenvalue weighted by Crippen LogP contribution is -2.07. The SMILES string of the molecule is CC(=O)Nc1ccc(C)c(NCc2cc(F)ccc2Br)c1. The Morgan fingerprint density at radius 3 is 2.71 bits per heavy atom. The molecule has 0 heterocycles. The number of amides is 1. The van der Waals surface area contributed by atoms with Gasteiger partial charge in [0.25, 0.3) is 0 Å². The Labute approximate surface area is 131 Å². The van der Waals surface area contributed by atoms with E-state index in [4.69, 9.17) is 0 Å². The van der Waals surface area contributed by atoms with Crippen LogP contribution < -0.4 is 10.6 Å². The first-order chi connectivity index (χ1) is 9.95. The van der Waals surface area contributed by atoms with Crippen LogP contribution in [0.1, 0.15) is 18.1 Å². The van der Waals surface area contributed by atoms with Crippen molar-refractivity contribution in [3.8, 4) is 0 Å². The number of carbonyl (C=O) groups excluding carboxylic acids is 1. The van der Waals surface area contributed by atoms with E-state index in [1.165, 1.54) is 19.1 Å². The van der Waals surface area contributed by atoms with E-state index in [-0.39, 0.29) is 11.7 Å². The molecule has 0 saturated heterocycles. The third-order valence-corrected chi connectivity index (χ3v) is 3.81. The largest absolute Gasteiger partial charge is 0.381 e. The topological polar surface area (TPSA) is 41.1 Å². The number of halogens is 2. The van der Waals surface area contributed by atoms with E-state index < -0.39 is 0 Å². The van der Waals surface area contributed by atoms with Gasteiger partial charge in [0.15, 0.2) is 0 Å². The average Bonchev–Trinajstić information content (AvgIpc) is 2.42. The van der Waals surface area contributed by atoms with E-state index in [0.717, 1.165) is 27.0 Å². The van der Waals surface area contributed by atoms with Crippen LogP contribution in [-0.4, -0.2) is 5.91 Å². The van der Waals surface area contributed by atoms with Crippen LogP contribution >= 0.6 is 15.9 Å². The molecule has 0 aliphatic carbocycles. The van der Waals surface area contributed by atoms with Crippen molar-refractivity contribution in [2.45, 2.75) is 20.4 Å². The molecule has 0 bridgehead atoms. The molecule has 0 saturated carbocycles. The number of aryl methyl sites for hydroxylation is 1. The summed E-state index contributed by atoms with van der Waals surface area (Å²) >= 11 is 3.41. The van der Waals surface area contributed by atoms with Gasteiger partial charge in [0.2, 0.25) is 5.91 Å². The molecule has 2 rings (SSSR count). The molecule has 0 radical (unpaired) electrons. The Bertz CT molecular complexity index is 673. The van der Waals surface area contributed by atoms with Crippen LogP contribution in [0.15, 0.2) is 40.9 Å². The van der Waals surface area contributed by atoms with Gasteiger partial charge in [0, 0.05) is 29.3 Å². The van der Waals surface area contributed by atoms with Gasteiger partial charge < -0.3 is 10.6 Å². The van der Waals surface area contributed by atoms with Crippen LogP contribution in [0.3, 0.4) is 0 Å². The molecule has 2 aromatic carbocycles. The number of hydrogen-bond donors (Lipinski definition) is 2. The normalized spacial score (nSPS) is 10.3. The Morgan fingerprint density at radius 1 is 1.24 bits per heavy atom.